The summed E-state index contributed by atoms with van der Waals surface area (Å²) in [6, 6.07) is 4.73. The zero-order valence-corrected chi connectivity index (χ0v) is 8.51. The van der Waals surface area contributed by atoms with E-state index in [9.17, 15) is 9.59 Å². The molecule has 0 spiro atoms. The number of carbonyl (C=O) groups is 2. The average molecular weight is 213 g/mol. The number of nitrogens with zero attached hydrogens (tertiary/aromatic N) is 1. The SMILES string of the molecule is CC(OC(=O)c1ccccn1)C(=O)O.[NH4+]. The molecular weight excluding hydrogens is 200 g/mol. The number of carbonyl (C=O) groups excluding carboxylic acids is 1. The van der Waals surface area contributed by atoms with Gasteiger partial charge in [0.15, 0.2) is 6.10 Å². The maximum Gasteiger partial charge on any atom is 0.357 e. The first kappa shape index (κ1) is 13.1. The molecule has 1 rings (SSSR count). The molecule has 0 radical (unpaired) electrons. The van der Waals surface area contributed by atoms with Crippen molar-refractivity contribution in [2.45, 2.75) is 13.0 Å². The summed E-state index contributed by atoms with van der Waals surface area (Å²) in [6.45, 7) is 1.28. The molecule has 0 aliphatic heterocycles. The fourth-order valence-electron chi connectivity index (χ4n) is 0.755. The molecule has 82 valence electrons. The number of quaternary nitrogens is 1. The highest BCUT2D eigenvalue weighted by Gasteiger charge is 2.17. The van der Waals surface area contributed by atoms with E-state index in [4.69, 9.17) is 5.11 Å². The first-order valence-electron chi connectivity index (χ1n) is 3.96. The minimum atomic E-state index is -1.19. The Labute approximate surface area is 86.5 Å². The van der Waals surface area contributed by atoms with Crippen LogP contribution in [-0.4, -0.2) is 28.1 Å². The molecule has 1 unspecified atom stereocenters. The van der Waals surface area contributed by atoms with Crippen molar-refractivity contribution >= 4 is 11.9 Å². The predicted octanol–water partition coefficient (Wildman–Crippen LogP) is 1.09. The van der Waals surface area contributed by atoms with E-state index < -0.39 is 18.0 Å². The van der Waals surface area contributed by atoms with Gasteiger partial charge < -0.3 is 16.0 Å². The van der Waals surface area contributed by atoms with Crippen molar-refractivity contribution in [1.29, 1.82) is 0 Å². The third-order valence-corrected chi connectivity index (χ3v) is 1.51. The predicted molar refractivity (Wildman–Crippen MR) is 52.7 cm³/mol. The standard InChI is InChI=1S/C9H9NO4.H3N/c1-6(8(11)12)14-9(13)7-4-2-3-5-10-7;/h2-6H,1H3,(H,11,12);1H3/p+1. The number of aromatic nitrogens is 1. The number of esters is 1. The second-order valence-electron chi connectivity index (χ2n) is 2.60. The third-order valence-electron chi connectivity index (χ3n) is 1.51. The van der Waals surface area contributed by atoms with Crippen LogP contribution in [0.25, 0.3) is 0 Å². The highest BCUT2D eigenvalue weighted by molar-refractivity contribution is 5.89. The van der Waals surface area contributed by atoms with Gasteiger partial charge in [0.25, 0.3) is 0 Å². The molecule has 1 atom stereocenters. The topological polar surface area (TPSA) is 113 Å². The first-order valence-corrected chi connectivity index (χ1v) is 3.96. The van der Waals surface area contributed by atoms with Crippen molar-refractivity contribution < 1.29 is 19.4 Å². The number of hydrogen-bond donors (Lipinski definition) is 2. The number of ether oxygens (including phenoxy) is 1. The van der Waals surface area contributed by atoms with Gasteiger partial charge in [0.2, 0.25) is 0 Å². The van der Waals surface area contributed by atoms with Crippen LogP contribution in [0.15, 0.2) is 24.4 Å². The zero-order valence-electron chi connectivity index (χ0n) is 8.51. The quantitative estimate of drug-likeness (QED) is 0.729. The van der Waals surface area contributed by atoms with Crippen molar-refractivity contribution in [1.82, 2.24) is 11.1 Å². The minimum Gasteiger partial charge on any atom is -0.479 e. The number of carboxylic acids is 1. The van der Waals surface area contributed by atoms with E-state index in [1.54, 1.807) is 12.1 Å². The van der Waals surface area contributed by atoms with Crippen molar-refractivity contribution in [3.63, 3.8) is 0 Å². The molecule has 0 saturated carbocycles. The molecule has 0 fully saturated rings. The number of pyridine rings is 1. The Hall–Kier alpha value is -1.95. The molecule has 1 aromatic rings. The Morgan fingerprint density at radius 2 is 2.13 bits per heavy atom. The van der Waals surface area contributed by atoms with E-state index in [2.05, 4.69) is 9.72 Å². The van der Waals surface area contributed by atoms with Gasteiger partial charge in [-0.15, -0.1) is 0 Å². The van der Waals surface area contributed by atoms with Crippen LogP contribution < -0.4 is 6.15 Å². The number of rotatable bonds is 3. The van der Waals surface area contributed by atoms with Crippen LogP contribution in [0.1, 0.15) is 17.4 Å². The zero-order chi connectivity index (χ0) is 10.6. The molecule has 1 heterocycles. The van der Waals surface area contributed by atoms with E-state index in [1.165, 1.54) is 19.2 Å². The van der Waals surface area contributed by atoms with E-state index in [0.29, 0.717) is 0 Å². The second kappa shape index (κ2) is 5.71. The first-order chi connectivity index (χ1) is 6.61. The molecule has 0 bridgehead atoms. The molecule has 15 heavy (non-hydrogen) atoms. The summed E-state index contributed by atoms with van der Waals surface area (Å²) in [5, 5.41) is 8.48. The molecular formula is C9H13N2O4+. The lowest BCUT2D eigenvalue weighted by Crippen LogP contribution is -2.24. The summed E-state index contributed by atoms with van der Waals surface area (Å²) >= 11 is 0. The lowest BCUT2D eigenvalue weighted by atomic mass is 10.3. The van der Waals surface area contributed by atoms with E-state index in [1.807, 2.05) is 0 Å². The van der Waals surface area contributed by atoms with Crippen molar-refractivity contribution in [3.8, 4) is 0 Å². The molecule has 6 heteroatoms. The summed E-state index contributed by atoms with van der Waals surface area (Å²) in [5.41, 5.74) is 0.0978. The summed E-state index contributed by atoms with van der Waals surface area (Å²) in [5.74, 6) is -1.92. The Morgan fingerprint density at radius 3 is 2.60 bits per heavy atom. The van der Waals surface area contributed by atoms with Crippen molar-refractivity contribution in [3.05, 3.63) is 30.1 Å². The molecule has 0 aliphatic carbocycles. The van der Waals surface area contributed by atoms with Crippen LogP contribution in [0, 0.1) is 0 Å². The molecule has 0 aliphatic rings. The third kappa shape index (κ3) is 3.74. The Bertz CT molecular complexity index is 339. The van der Waals surface area contributed by atoms with Gasteiger partial charge >= 0.3 is 11.9 Å². The fourth-order valence-corrected chi connectivity index (χ4v) is 0.755. The lowest BCUT2D eigenvalue weighted by Gasteiger charge is -2.07. The summed E-state index contributed by atoms with van der Waals surface area (Å²) in [6.07, 6.45) is 0.270. The molecule has 5 N–H and O–H groups in total. The van der Waals surface area contributed by atoms with E-state index >= 15 is 0 Å². The Morgan fingerprint density at radius 1 is 1.47 bits per heavy atom. The highest BCUT2D eigenvalue weighted by atomic mass is 16.6. The van der Waals surface area contributed by atoms with Gasteiger partial charge in [-0.25, -0.2) is 14.6 Å². The second-order valence-corrected chi connectivity index (χ2v) is 2.60. The average Bonchev–Trinajstić information content (AvgIpc) is 2.19. The summed E-state index contributed by atoms with van der Waals surface area (Å²) in [4.78, 5) is 25.3. The van der Waals surface area contributed by atoms with Crippen LogP contribution in [0.5, 0.6) is 0 Å². The molecule has 0 saturated heterocycles. The molecule has 1 aromatic heterocycles. The van der Waals surface area contributed by atoms with E-state index in [-0.39, 0.29) is 11.8 Å². The smallest absolute Gasteiger partial charge is 0.357 e. The summed E-state index contributed by atoms with van der Waals surface area (Å²) in [7, 11) is 0. The van der Waals surface area contributed by atoms with Gasteiger partial charge in [0.1, 0.15) is 5.69 Å². The van der Waals surface area contributed by atoms with Crippen LogP contribution in [-0.2, 0) is 9.53 Å². The lowest BCUT2D eigenvalue weighted by molar-refractivity contribution is -0.146. The van der Waals surface area contributed by atoms with Gasteiger partial charge in [0, 0.05) is 6.20 Å². The van der Waals surface area contributed by atoms with Gasteiger partial charge in [-0.1, -0.05) is 6.07 Å². The monoisotopic (exact) mass is 213 g/mol. The molecule has 0 aromatic carbocycles. The van der Waals surface area contributed by atoms with Crippen LogP contribution in [0.4, 0.5) is 0 Å². The van der Waals surface area contributed by atoms with Gasteiger partial charge in [-0.05, 0) is 19.1 Å². The van der Waals surface area contributed by atoms with Gasteiger partial charge in [-0.3, -0.25) is 0 Å². The van der Waals surface area contributed by atoms with Crippen molar-refractivity contribution in [2.75, 3.05) is 0 Å². The fraction of sp³-hybridized carbons (Fsp3) is 0.222. The Balaban J connectivity index is 0.00000196. The van der Waals surface area contributed by atoms with Crippen LogP contribution >= 0.6 is 0 Å². The van der Waals surface area contributed by atoms with Crippen LogP contribution in [0.2, 0.25) is 0 Å². The normalized spacial score (nSPS) is 11.0. The molecule has 6 nitrogen and oxygen atoms in total. The summed E-state index contributed by atoms with van der Waals surface area (Å²) < 4.78 is 4.60. The number of aliphatic carboxylic acids is 1. The maximum absolute atomic E-state index is 11.2. The maximum atomic E-state index is 11.2. The number of hydrogen-bond acceptors (Lipinski definition) is 4. The van der Waals surface area contributed by atoms with Gasteiger partial charge in [-0.2, -0.15) is 0 Å². The largest absolute Gasteiger partial charge is 0.479 e. The van der Waals surface area contributed by atoms with Crippen LogP contribution in [0.3, 0.4) is 0 Å². The highest BCUT2D eigenvalue weighted by Crippen LogP contribution is 2.00. The minimum absolute atomic E-state index is 0. The Kier molecular flexibility index (Phi) is 4.97. The molecule has 0 amide bonds. The van der Waals surface area contributed by atoms with E-state index in [0.717, 1.165) is 0 Å². The number of carboxylic acid groups (broad SMARTS) is 1. The van der Waals surface area contributed by atoms with Crippen molar-refractivity contribution in [2.24, 2.45) is 0 Å². The van der Waals surface area contributed by atoms with Gasteiger partial charge in [0.05, 0.1) is 0 Å².